The van der Waals surface area contributed by atoms with E-state index in [9.17, 15) is 4.79 Å². The smallest absolute Gasteiger partial charge is 0.225 e. The molecular weight excluding hydrogens is 166 g/mol. The highest BCUT2D eigenvalue weighted by Gasteiger charge is 2.18. The Bertz CT molecular complexity index is 155. The molecule has 0 heterocycles. The molecule has 0 aliphatic rings. The summed E-state index contributed by atoms with van der Waals surface area (Å²) in [5.41, 5.74) is 0. The molecule has 0 aromatic carbocycles. The number of nitrogens with zero attached hydrogens (tertiary/aromatic N) is 1. The molecule has 78 valence electrons. The lowest BCUT2D eigenvalue weighted by atomic mass is 10.1. The van der Waals surface area contributed by atoms with Crippen LogP contribution in [0.5, 0.6) is 0 Å². The number of aliphatic hydroxyl groups is 1. The predicted molar refractivity (Wildman–Crippen MR) is 53.4 cm³/mol. The van der Waals surface area contributed by atoms with Gasteiger partial charge < -0.3 is 10.0 Å². The predicted octanol–water partition coefficient (Wildman–Crippen LogP) is 1.26. The number of hydrogen-bond acceptors (Lipinski definition) is 2. The van der Waals surface area contributed by atoms with Crippen molar-refractivity contribution < 1.29 is 9.90 Å². The molecule has 1 N–H and O–H groups in total. The minimum Gasteiger partial charge on any atom is -0.396 e. The second kappa shape index (κ2) is 5.97. The molecule has 3 heteroatoms. The first-order valence-electron chi connectivity index (χ1n) is 4.92. The Morgan fingerprint density at radius 1 is 1.31 bits per heavy atom. The van der Waals surface area contributed by atoms with E-state index in [4.69, 9.17) is 5.11 Å². The van der Waals surface area contributed by atoms with Gasteiger partial charge in [0.1, 0.15) is 0 Å². The average molecular weight is 187 g/mol. The van der Waals surface area contributed by atoms with Crippen LogP contribution in [0.25, 0.3) is 0 Å². The third kappa shape index (κ3) is 4.27. The summed E-state index contributed by atoms with van der Waals surface area (Å²) in [5.74, 6) is 0.213. The third-order valence-corrected chi connectivity index (χ3v) is 1.96. The molecule has 0 bridgehead atoms. The summed E-state index contributed by atoms with van der Waals surface area (Å²) >= 11 is 0. The highest BCUT2D eigenvalue weighted by molar-refractivity contribution is 5.78. The van der Waals surface area contributed by atoms with Crippen molar-refractivity contribution in [1.82, 2.24) is 4.90 Å². The van der Waals surface area contributed by atoms with Crippen LogP contribution in [0.2, 0.25) is 0 Å². The molecule has 0 fully saturated rings. The Balaban J connectivity index is 4.16. The van der Waals surface area contributed by atoms with Crippen LogP contribution in [0.1, 0.15) is 34.1 Å². The zero-order valence-electron chi connectivity index (χ0n) is 9.08. The maximum atomic E-state index is 11.6. The second-order valence-corrected chi connectivity index (χ2v) is 3.86. The molecule has 0 saturated heterocycles. The fraction of sp³-hybridized carbons (Fsp3) is 0.900. The second-order valence-electron chi connectivity index (χ2n) is 3.86. The lowest BCUT2D eigenvalue weighted by Crippen LogP contribution is -2.40. The van der Waals surface area contributed by atoms with Crippen molar-refractivity contribution in [3.05, 3.63) is 0 Å². The lowest BCUT2D eigenvalue weighted by molar-refractivity contribution is -0.136. The molecule has 3 nitrogen and oxygen atoms in total. The normalized spacial score (nSPS) is 11.0. The summed E-state index contributed by atoms with van der Waals surface area (Å²) in [7, 11) is 0. The molecule has 0 unspecified atom stereocenters. The summed E-state index contributed by atoms with van der Waals surface area (Å²) in [6.07, 6.45) is 0.663. The summed E-state index contributed by atoms with van der Waals surface area (Å²) in [5, 5.41) is 8.68. The molecule has 0 aromatic rings. The Morgan fingerprint density at radius 3 is 2.15 bits per heavy atom. The van der Waals surface area contributed by atoms with Crippen molar-refractivity contribution in [2.24, 2.45) is 5.92 Å². The van der Waals surface area contributed by atoms with Crippen LogP contribution in [0.15, 0.2) is 0 Å². The van der Waals surface area contributed by atoms with Gasteiger partial charge in [0.25, 0.3) is 0 Å². The van der Waals surface area contributed by atoms with Gasteiger partial charge in [-0.05, 0) is 20.3 Å². The summed E-state index contributed by atoms with van der Waals surface area (Å²) < 4.78 is 0. The maximum Gasteiger partial charge on any atom is 0.225 e. The van der Waals surface area contributed by atoms with Gasteiger partial charge in [0.2, 0.25) is 5.91 Å². The molecule has 0 spiro atoms. The molecule has 0 saturated carbocycles. The molecular formula is C10H21NO2. The maximum absolute atomic E-state index is 11.6. The molecule has 0 rings (SSSR count). The molecule has 0 aliphatic heterocycles. The van der Waals surface area contributed by atoms with Gasteiger partial charge >= 0.3 is 0 Å². The van der Waals surface area contributed by atoms with E-state index < -0.39 is 0 Å². The first kappa shape index (κ1) is 12.4. The highest BCUT2D eigenvalue weighted by atomic mass is 16.3. The highest BCUT2D eigenvalue weighted by Crippen LogP contribution is 2.06. The minimum absolute atomic E-state index is 0.0427. The van der Waals surface area contributed by atoms with Crippen molar-refractivity contribution in [3.8, 4) is 0 Å². The van der Waals surface area contributed by atoms with Crippen LogP contribution in [-0.2, 0) is 4.79 Å². The lowest BCUT2D eigenvalue weighted by Gasteiger charge is -2.28. The van der Waals surface area contributed by atoms with E-state index in [1.54, 1.807) is 0 Å². The number of rotatable bonds is 5. The van der Waals surface area contributed by atoms with Crippen LogP contribution >= 0.6 is 0 Å². The quantitative estimate of drug-likeness (QED) is 0.704. The Kier molecular flexibility index (Phi) is 5.71. The minimum atomic E-state index is 0.0427. The van der Waals surface area contributed by atoms with Gasteiger partial charge in [0, 0.05) is 25.1 Å². The third-order valence-electron chi connectivity index (χ3n) is 1.96. The van der Waals surface area contributed by atoms with Crippen molar-refractivity contribution in [2.75, 3.05) is 13.2 Å². The first-order chi connectivity index (χ1) is 6.00. The van der Waals surface area contributed by atoms with Gasteiger partial charge in [-0.1, -0.05) is 13.8 Å². The number of hydrogen-bond donors (Lipinski definition) is 1. The van der Waals surface area contributed by atoms with Crippen LogP contribution < -0.4 is 0 Å². The Hall–Kier alpha value is -0.570. The van der Waals surface area contributed by atoms with E-state index in [0.29, 0.717) is 13.0 Å². The zero-order valence-corrected chi connectivity index (χ0v) is 9.08. The molecule has 0 aromatic heterocycles. The van der Waals surface area contributed by atoms with E-state index in [2.05, 4.69) is 0 Å². The van der Waals surface area contributed by atoms with Gasteiger partial charge in [0.05, 0.1) is 0 Å². The Labute approximate surface area is 80.7 Å². The SMILES string of the molecule is CC(C)C(=O)N(CCCO)C(C)C. The van der Waals surface area contributed by atoms with Gasteiger partial charge in [-0.25, -0.2) is 0 Å². The topological polar surface area (TPSA) is 40.5 Å². The summed E-state index contributed by atoms with van der Waals surface area (Å²) in [6, 6.07) is 0.224. The van der Waals surface area contributed by atoms with E-state index in [-0.39, 0.29) is 24.5 Å². The molecule has 13 heavy (non-hydrogen) atoms. The molecule has 0 aliphatic carbocycles. The van der Waals surface area contributed by atoms with Crippen LogP contribution in [-0.4, -0.2) is 35.1 Å². The average Bonchev–Trinajstić information content (AvgIpc) is 2.04. The number of carbonyl (C=O) groups is 1. The van der Waals surface area contributed by atoms with Crippen LogP contribution in [0.3, 0.4) is 0 Å². The Morgan fingerprint density at radius 2 is 1.85 bits per heavy atom. The van der Waals surface area contributed by atoms with Gasteiger partial charge in [-0.15, -0.1) is 0 Å². The fourth-order valence-corrected chi connectivity index (χ4v) is 1.20. The number of amides is 1. The zero-order chi connectivity index (χ0) is 10.4. The van der Waals surface area contributed by atoms with Gasteiger partial charge in [0.15, 0.2) is 0 Å². The fourth-order valence-electron chi connectivity index (χ4n) is 1.20. The van der Waals surface area contributed by atoms with E-state index in [1.807, 2.05) is 32.6 Å². The first-order valence-corrected chi connectivity index (χ1v) is 4.92. The van der Waals surface area contributed by atoms with Crippen molar-refractivity contribution in [2.45, 2.75) is 40.2 Å². The molecule has 1 amide bonds. The molecule has 0 atom stereocenters. The largest absolute Gasteiger partial charge is 0.396 e. The van der Waals surface area contributed by atoms with Crippen LogP contribution in [0, 0.1) is 5.92 Å². The van der Waals surface area contributed by atoms with Gasteiger partial charge in [-0.3, -0.25) is 4.79 Å². The van der Waals surface area contributed by atoms with E-state index in [0.717, 1.165) is 0 Å². The summed E-state index contributed by atoms with van der Waals surface area (Å²) in [6.45, 7) is 8.60. The standard InChI is InChI=1S/C10H21NO2/c1-8(2)10(13)11(9(3)4)6-5-7-12/h8-9,12H,5-7H2,1-4H3. The van der Waals surface area contributed by atoms with Crippen LogP contribution in [0.4, 0.5) is 0 Å². The van der Waals surface area contributed by atoms with Gasteiger partial charge in [-0.2, -0.15) is 0 Å². The van der Waals surface area contributed by atoms with Crippen molar-refractivity contribution in [3.63, 3.8) is 0 Å². The van der Waals surface area contributed by atoms with Crippen molar-refractivity contribution >= 4 is 5.91 Å². The number of carbonyl (C=O) groups excluding carboxylic acids is 1. The van der Waals surface area contributed by atoms with E-state index >= 15 is 0 Å². The monoisotopic (exact) mass is 187 g/mol. The van der Waals surface area contributed by atoms with E-state index in [1.165, 1.54) is 0 Å². The molecule has 0 radical (unpaired) electrons. The number of aliphatic hydroxyl groups excluding tert-OH is 1. The summed E-state index contributed by atoms with van der Waals surface area (Å²) in [4.78, 5) is 13.5. The van der Waals surface area contributed by atoms with Crippen molar-refractivity contribution in [1.29, 1.82) is 0 Å².